The summed E-state index contributed by atoms with van der Waals surface area (Å²) in [5.74, 6) is 0. The van der Waals surface area contributed by atoms with Crippen molar-refractivity contribution in [2.75, 3.05) is 0 Å². The lowest BCUT2D eigenvalue weighted by atomic mass is 10.0. The Hall–Kier alpha value is -6.38. The second-order valence-electron chi connectivity index (χ2n) is 12.6. The minimum atomic E-state index is 1.15. The summed E-state index contributed by atoms with van der Waals surface area (Å²) in [4.78, 5) is 0. The molecule has 2 nitrogen and oxygen atoms in total. The van der Waals surface area contributed by atoms with Gasteiger partial charge >= 0.3 is 0 Å². The summed E-state index contributed by atoms with van der Waals surface area (Å²) in [6, 6.07) is 66.2. The molecule has 0 aliphatic heterocycles. The van der Waals surface area contributed by atoms with Crippen LogP contribution in [0.3, 0.4) is 0 Å². The van der Waals surface area contributed by atoms with E-state index in [4.69, 9.17) is 0 Å². The van der Waals surface area contributed by atoms with Crippen LogP contribution in [0.1, 0.15) is 0 Å². The normalized spacial score (nSPS) is 11.8. The number of benzene rings is 8. The van der Waals surface area contributed by atoms with E-state index in [0.717, 1.165) is 5.69 Å². The number of rotatable bonds is 4. The molecule has 0 radical (unpaired) electrons. The number of fused-ring (bicyclic) bond motifs is 8. The van der Waals surface area contributed by atoms with Crippen molar-refractivity contribution in [1.29, 1.82) is 0 Å². The molecule has 224 valence electrons. The van der Waals surface area contributed by atoms with Crippen LogP contribution in [-0.2, 0) is 0 Å². The van der Waals surface area contributed by atoms with E-state index >= 15 is 0 Å². The third-order valence-corrected chi connectivity index (χ3v) is 9.89. The van der Waals surface area contributed by atoms with Gasteiger partial charge in [0, 0.05) is 32.9 Å². The predicted octanol–water partition coefficient (Wildman–Crippen LogP) is 12.4. The van der Waals surface area contributed by atoms with Crippen molar-refractivity contribution in [3.63, 3.8) is 0 Å². The first kappa shape index (κ1) is 26.8. The highest BCUT2D eigenvalue weighted by Gasteiger charge is 2.21. The highest BCUT2D eigenvalue weighted by atomic mass is 15.0. The fraction of sp³-hybridized carbons (Fsp3) is 0. The summed E-state index contributed by atoms with van der Waals surface area (Å²) < 4.78 is 4.85. The van der Waals surface area contributed by atoms with Crippen LogP contribution in [0, 0.1) is 0 Å². The Morgan fingerprint density at radius 3 is 1.54 bits per heavy atom. The van der Waals surface area contributed by atoms with Gasteiger partial charge in [0.15, 0.2) is 0 Å². The molecule has 0 bridgehead atoms. The number of hydrogen-bond donors (Lipinski definition) is 0. The number of hydrogen-bond acceptors (Lipinski definition) is 0. The molecule has 10 aromatic rings. The van der Waals surface area contributed by atoms with Gasteiger partial charge in [-0.2, -0.15) is 0 Å². The van der Waals surface area contributed by atoms with Crippen LogP contribution in [0.25, 0.3) is 88.0 Å². The van der Waals surface area contributed by atoms with Gasteiger partial charge in [-0.15, -0.1) is 0 Å². The van der Waals surface area contributed by atoms with Crippen molar-refractivity contribution in [3.8, 4) is 33.6 Å². The number of nitrogens with zero attached hydrogens (tertiary/aromatic N) is 2. The molecule has 0 fully saturated rings. The highest BCUT2D eigenvalue weighted by Crippen LogP contribution is 2.43. The summed E-state index contributed by atoms with van der Waals surface area (Å²) in [5.41, 5.74) is 12.0. The second-order valence-corrected chi connectivity index (χ2v) is 12.6. The van der Waals surface area contributed by atoms with Crippen LogP contribution in [-0.4, -0.2) is 9.13 Å². The fourth-order valence-corrected chi connectivity index (χ4v) is 7.68. The Balaban J connectivity index is 1.26. The molecule has 2 heteroatoms. The van der Waals surface area contributed by atoms with Gasteiger partial charge in [-0.25, -0.2) is 0 Å². The van der Waals surface area contributed by atoms with Crippen LogP contribution in [0.5, 0.6) is 0 Å². The van der Waals surface area contributed by atoms with Gasteiger partial charge in [-0.05, 0) is 93.7 Å². The van der Waals surface area contributed by atoms with E-state index in [-0.39, 0.29) is 0 Å². The maximum Gasteiger partial charge on any atom is 0.0548 e. The molecule has 0 saturated carbocycles. The van der Waals surface area contributed by atoms with Crippen LogP contribution < -0.4 is 0 Å². The predicted molar refractivity (Wildman–Crippen MR) is 203 cm³/mol. The van der Waals surface area contributed by atoms with Gasteiger partial charge in [-0.3, -0.25) is 0 Å². The molecule has 0 unspecified atom stereocenters. The highest BCUT2D eigenvalue weighted by molar-refractivity contribution is 6.29. The summed E-state index contributed by atoms with van der Waals surface area (Å²) in [7, 11) is 0. The molecule has 0 N–H and O–H groups in total. The van der Waals surface area contributed by atoms with Crippen LogP contribution in [0.15, 0.2) is 182 Å². The number of aromatic nitrogens is 2. The average Bonchev–Trinajstić information content (AvgIpc) is 3.68. The lowest BCUT2D eigenvalue weighted by molar-refractivity contribution is 1.17. The Bertz CT molecular complexity index is 2800. The van der Waals surface area contributed by atoms with Gasteiger partial charge in [0.05, 0.1) is 22.1 Å². The van der Waals surface area contributed by atoms with Crippen LogP contribution in [0.2, 0.25) is 0 Å². The van der Waals surface area contributed by atoms with E-state index in [1.165, 1.54) is 82.3 Å². The summed E-state index contributed by atoms with van der Waals surface area (Å²) >= 11 is 0. The van der Waals surface area contributed by atoms with Crippen molar-refractivity contribution in [2.24, 2.45) is 0 Å². The van der Waals surface area contributed by atoms with Crippen molar-refractivity contribution in [2.45, 2.75) is 0 Å². The summed E-state index contributed by atoms with van der Waals surface area (Å²) in [5, 5.41) is 7.61. The quantitative estimate of drug-likeness (QED) is 0.188. The Morgan fingerprint density at radius 1 is 0.271 bits per heavy atom. The Morgan fingerprint density at radius 2 is 0.771 bits per heavy atom. The second kappa shape index (κ2) is 10.6. The molecule has 2 aromatic heterocycles. The number of para-hydroxylation sites is 2. The van der Waals surface area contributed by atoms with E-state index in [9.17, 15) is 0 Å². The SMILES string of the molecule is c1ccc(-c2ccc3c(c2)c2c4c5ccccc5n(-c5ccccc5)c4ccc2n3-c2ccc(-c3ccc4ccccc4c3)cc2)cc1. The van der Waals surface area contributed by atoms with Gasteiger partial charge in [0.1, 0.15) is 0 Å². The summed E-state index contributed by atoms with van der Waals surface area (Å²) in [6.07, 6.45) is 0. The van der Waals surface area contributed by atoms with E-state index in [0.29, 0.717) is 0 Å². The van der Waals surface area contributed by atoms with Crippen LogP contribution in [0.4, 0.5) is 0 Å². The standard InChI is InChI=1S/C46H30N2/c1-3-11-31(12-4-1)36-23-26-42-40(30-36)46-44(28-27-43-45(46)39-17-9-10-18-41(39)47(43)37-15-5-2-6-16-37)48(42)38-24-21-33(22-25-38)35-20-19-32-13-7-8-14-34(32)29-35/h1-30H. The molecule has 48 heavy (non-hydrogen) atoms. The molecule has 0 amide bonds. The third kappa shape index (κ3) is 4.06. The third-order valence-electron chi connectivity index (χ3n) is 9.89. The van der Waals surface area contributed by atoms with Crippen LogP contribution >= 0.6 is 0 Å². The van der Waals surface area contributed by atoms with Gasteiger partial charge in [0.2, 0.25) is 0 Å². The molecular weight excluding hydrogens is 581 g/mol. The minimum Gasteiger partial charge on any atom is -0.309 e. The molecule has 2 heterocycles. The van der Waals surface area contributed by atoms with Gasteiger partial charge in [0.25, 0.3) is 0 Å². The first-order valence-corrected chi connectivity index (χ1v) is 16.5. The zero-order valence-electron chi connectivity index (χ0n) is 26.2. The summed E-state index contributed by atoms with van der Waals surface area (Å²) in [6.45, 7) is 0. The molecule has 10 rings (SSSR count). The fourth-order valence-electron chi connectivity index (χ4n) is 7.68. The monoisotopic (exact) mass is 610 g/mol. The van der Waals surface area contributed by atoms with Crippen molar-refractivity contribution in [1.82, 2.24) is 9.13 Å². The molecule has 0 atom stereocenters. The molecule has 0 spiro atoms. The zero-order valence-corrected chi connectivity index (χ0v) is 26.2. The molecule has 0 saturated heterocycles. The molecule has 0 aliphatic carbocycles. The Kier molecular flexibility index (Phi) is 5.91. The molecule has 8 aromatic carbocycles. The lowest BCUT2D eigenvalue weighted by Crippen LogP contribution is -1.95. The van der Waals surface area contributed by atoms with Crippen molar-refractivity contribution in [3.05, 3.63) is 182 Å². The van der Waals surface area contributed by atoms with Crippen molar-refractivity contribution >= 4 is 54.4 Å². The molecule has 0 aliphatic rings. The van der Waals surface area contributed by atoms with Crippen molar-refractivity contribution < 1.29 is 0 Å². The van der Waals surface area contributed by atoms with Gasteiger partial charge in [-0.1, -0.05) is 121 Å². The maximum atomic E-state index is 2.44. The van der Waals surface area contributed by atoms with E-state index in [2.05, 4.69) is 191 Å². The maximum absolute atomic E-state index is 2.44. The largest absolute Gasteiger partial charge is 0.309 e. The van der Waals surface area contributed by atoms with Gasteiger partial charge < -0.3 is 9.13 Å². The lowest BCUT2D eigenvalue weighted by Gasteiger charge is -2.11. The zero-order chi connectivity index (χ0) is 31.6. The molecular formula is C46H30N2. The first-order valence-electron chi connectivity index (χ1n) is 16.5. The topological polar surface area (TPSA) is 9.86 Å². The van der Waals surface area contributed by atoms with E-state index < -0.39 is 0 Å². The first-order chi connectivity index (χ1) is 23.8. The minimum absolute atomic E-state index is 1.15. The van der Waals surface area contributed by atoms with E-state index in [1.54, 1.807) is 0 Å². The van der Waals surface area contributed by atoms with E-state index in [1.807, 2.05) is 0 Å². The Labute approximate surface area is 278 Å². The average molecular weight is 611 g/mol. The smallest absolute Gasteiger partial charge is 0.0548 e.